The second-order valence-electron chi connectivity index (χ2n) is 9.77. The summed E-state index contributed by atoms with van der Waals surface area (Å²) < 4.78 is 11.6. The molecule has 1 fully saturated rings. The predicted octanol–water partition coefficient (Wildman–Crippen LogP) is 7.17. The van der Waals surface area contributed by atoms with Crippen LogP contribution in [0, 0.1) is 0 Å². The molecule has 0 N–H and O–H groups in total. The summed E-state index contributed by atoms with van der Waals surface area (Å²) in [6.45, 7) is 8.32. The van der Waals surface area contributed by atoms with Gasteiger partial charge in [0.05, 0.1) is 23.6 Å². The number of hydrogen-bond acceptors (Lipinski definition) is 6. The molecule has 0 spiro atoms. The topological polar surface area (TPSA) is 55.8 Å². The summed E-state index contributed by atoms with van der Waals surface area (Å²) in [5.41, 5.74) is 3.33. The maximum Gasteiger partial charge on any atom is 0.343 e. The zero-order valence-corrected chi connectivity index (χ0v) is 23.1. The number of nitrogens with zero attached hydrogens (tertiary/aromatic N) is 1. The molecule has 37 heavy (non-hydrogen) atoms. The maximum absolute atomic E-state index is 13.2. The Morgan fingerprint density at radius 2 is 1.68 bits per heavy atom. The average molecular weight is 532 g/mol. The molecular weight excluding hydrogens is 502 g/mol. The van der Waals surface area contributed by atoms with Gasteiger partial charge in [-0.1, -0.05) is 93.3 Å². The lowest BCUT2D eigenvalue weighted by atomic mass is 9.87. The van der Waals surface area contributed by atoms with Gasteiger partial charge in [-0.05, 0) is 59.4 Å². The van der Waals surface area contributed by atoms with Gasteiger partial charge in [0.15, 0.2) is 11.5 Å². The van der Waals surface area contributed by atoms with Crippen molar-refractivity contribution in [3.05, 3.63) is 100.0 Å². The largest absolute Gasteiger partial charge is 0.493 e. The van der Waals surface area contributed by atoms with Crippen molar-refractivity contribution < 1.29 is 19.1 Å². The van der Waals surface area contributed by atoms with E-state index in [2.05, 4.69) is 20.8 Å². The van der Waals surface area contributed by atoms with Crippen molar-refractivity contribution >= 4 is 46.3 Å². The molecule has 1 aliphatic rings. The van der Waals surface area contributed by atoms with E-state index in [0.717, 1.165) is 16.7 Å². The molecule has 0 aromatic heterocycles. The molecule has 3 aromatic rings. The Kier molecular flexibility index (Phi) is 7.85. The van der Waals surface area contributed by atoms with Gasteiger partial charge >= 0.3 is 5.97 Å². The molecule has 4 rings (SSSR count). The number of thiocarbonyl (C=S) groups is 1. The standard InChI is InChI=1S/C30H29NO4S2/c1-19(21-9-7-6-8-10-21)31-27(32)26(37-29(31)36)18-20-11-16-24(25(17-20)34-5)35-28(33)22-12-14-23(15-13-22)30(2,3)4/h6-19H,1-5H3/b26-18+/t19-/m0/s1. The molecule has 7 heteroatoms. The summed E-state index contributed by atoms with van der Waals surface area (Å²) in [6, 6.07) is 22.2. The zero-order valence-electron chi connectivity index (χ0n) is 21.5. The number of thioether (sulfide) groups is 1. The molecule has 0 unspecified atom stereocenters. The molecule has 5 nitrogen and oxygen atoms in total. The van der Waals surface area contributed by atoms with Crippen molar-refractivity contribution in [1.29, 1.82) is 0 Å². The van der Waals surface area contributed by atoms with Gasteiger partial charge in [0.25, 0.3) is 5.91 Å². The highest BCUT2D eigenvalue weighted by atomic mass is 32.2. The summed E-state index contributed by atoms with van der Waals surface area (Å²) in [7, 11) is 1.51. The Morgan fingerprint density at radius 1 is 1.00 bits per heavy atom. The molecule has 0 saturated carbocycles. The predicted molar refractivity (Wildman–Crippen MR) is 153 cm³/mol. The van der Waals surface area contributed by atoms with E-state index in [9.17, 15) is 9.59 Å². The van der Waals surface area contributed by atoms with Crippen LogP contribution in [0.2, 0.25) is 0 Å². The fourth-order valence-corrected chi connectivity index (χ4v) is 5.39. The van der Waals surface area contributed by atoms with Crippen molar-refractivity contribution in [2.45, 2.75) is 39.2 Å². The molecule has 0 aliphatic carbocycles. The van der Waals surface area contributed by atoms with Crippen LogP contribution < -0.4 is 9.47 Å². The minimum atomic E-state index is -0.470. The van der Waals surface area contributed by atoms with Crippen molar-refractivity contribution in [3.8, 4) is 11.5 Å². The van der Waals surface area contributed by atoms with Gasteiger partial charge in [0.1, 0.15) is 4.32 Å². The smallest absolute Gasteiger partial charge is 0.343 e. The summed E-state index contributed by atoms with van der Waals surface area (Å²) in [5, 5.41) is 0. The van der Waals surface area contributed by atoms with Crippen molar-refractivity contribution in [2.75, 3.05) is 7.11 Å². The van der Waals surface area contributed by atoms with Gasteiger partial charge < -0.3 is 9.47 Å². The van der Waals surface area contributed by atoms with E-state index >= 15 is 0 Å². The molecule has 190 valence electrons. The van der Waals surface area contributed by atoms with Gasteiger partial charge in [-0.3, -0.25) is 9.69 Å². The summed E-state index contributed by atoms with van der Waals surface area (Å²) in [4.78, 5) is 28.1. The Morgan fingerprint density at radius 3 is 2.30 bits per heavy atom. The normalized spacial score (nSPS) is 15.7. The highest BCUT2D eigenvalue weighted by Gasteiger charge is 2.36. The average Bonchev–Trinajstić information content (AvgIpc) is 3.16. The second-order valence-corrected chi connectivity index (χ2v) is 11.4. The van der Waals surface area contributed by atoms with Crippen LogP contribution in [-0.4, -0.2) is 28.2 Å². The molecule has 0 bridgehead atoms. The lowest BCUT2D eigenvalue weighted by molar-refractivity contribution is -0.123. The van der Waals surface area contributed by atoms with Crippen molar-refractivity contribution in [1.82, 2.24) is 4.90 Å². The van der Waals surface area contributed by atoms with E-state index in [4.69, 9.17) is 21.7 Å². The summed E-state index contributed by atoms with van der Waals surface area (Å²) in [5.74, 6) is 0.0816. The first kappa shape index (κ1) is 26.6. The summed E-state index contributed by atoms with van der Waals surface area (Å²) in [6.07, 6.45) is 1.77. The van der Waals surface area contributed by atoms with Crippen LogP contribution in [0.15, 0.2) is 77.7 Å². The lowest BCUT2D eigenvalue weighted by Crippen LogP contribution is -2.30. The zero-order chi connectivity index (χ0) is 26.7. The Bertz CT molecular complexity index is 1360. The number of esters is 1. The molecule has 3 aromatic carbocycles. The number of hydrogen-bond donors (Lipinski definition) is 0. The van der Waals surface area contributed by atoms with Crippen LogP contribution >= 0.6 is 24.0 Å². The van der Waals surface area contributed by atoms with Crippen LogP contribution in [0.5, 0.6) is 11.5 Å². The Labute approximate surface area is 227 Å². The Balaban J connectivity index is 1.51. The van der Waals surface area contributed by atoms with Crippen LogP contribution in [0.4, 0.5) is 0 Å². The number of rotatable bonds is 6. The first-order valence-corrected chi connectivity index (χ1v) is 13.1. The van der Waals surface area contributed by atoms with E-state index in [0.29, 0.717) is 26.3 Å². The maximum atomic E-state index is 13.2. The lowest BCUT2D eigenvalue weighted by Gasteiger charge is -2.23. The van der Waals surface area contributed by atoms with Gasteiger partial charge in [-0.2, -0.15) is 0 Å². The molecule has 1 saturated heterocycles. The number of methoxy groups -OCH3 is 1. The number of ether oxygens (including phenoxy) is 2. The third-order valence-corrected chi connectivity index (χ3v) is 7.50. The second kappa shape index (κ2) is 10.9. The van der Waals surface area contributed by atoms with Gasteiger partial charge in [-0.15, -0.1) is 0 Å². The minimum Gasteiger partial charge on any atom is -0.493 e. The molecule has 1 amide bonds. The van der Waals surface area contributed by atoms with Gasteiger partial charge in [0.2, 0.25) is 0 Å². The minimum absolute atomic E-state index is 0.00462. The number of carbonyl (C=O) groups is 2. The van der Waals surface area contributed by atoms with E-state index in [-0.39, 0.29) is 17.4 Å². The number of carbonyl (C=O) groups excluding carboxylic acids is 2. The van der Waals surface area contributed by atoms with Gasteiger partial charge in [0, 0.05) is 0 Å². The van der Waals surface area contributed by atoms with E-state index in [1.165, 1.54) is 18.9 Å². The monoisotopic (exact) mass is 531 g/mol. The quantitative estimate of drug-likeness (QED) is 0.145. The highest BCUT2D eigenvalue weighted by Crippen LogP contribution is 2.39. The van der Waals surface area contributed by atoms with E-state index in [1.807, 2.05) is 49.4 Å². The van der Waals surface area contributed by atoms with Crippen molar-refractivity contribution in [2.24, 2.45) is 0 Å². The third-order valence-electron chi connectivity index (χ3n) is 6.17. The van der Waals surface area contributed by atoms with Crippen molar-refractivity contribution in [3.63, 3.8) is 0 Å². The first-order valence-electron chi connectivity index (χ1n) is 11.9. The molecule has 1 heterocycles. The molecule has 1 atom stereocenters. The first-order chi connectivity index (χ1) is 17.6. The fraction of sp³-hybridized carbons (Fsp3) is 0.233. The van der Waals surface area contributed by atoms with Gasteiger partial charge in [-0.25, -0.2) is 4.79 Å². The number of amides is 1. The fourth-order valence-electron chi connectivity index (χ4n) is 3.97. The molecule has 0 radical (unpaired) electrons. The molecule has 1 aliphatic heterocycles. The highest BCUT2D eigenvalue weighted by molar-refractivity contribution is 8.26. The number of benzene rings is 3. The SMILES string of the molecule is COc1cc(/C=C2/SC(=S)N([C@@H](C)c3ccccc3)C2=O)ccc1OC(=O)c1ccc(C(C)(C)C)cc1. The van der Waals surface area contributed by atoms with Crippen LogP contribution in [-0.2, 0) is 10.2 Å². The van der Waals surface area contributed by atoms with E-state index < -0.39 is 5.97 Å². The van der Waals surface area contributed by atoms with Crippen LogP contribution in [0.3, 0.4) is 0 Å². The van der Waals surface area contributed by atoms with Crippen LogP contribution in [0.1, 0.15) is 60.8 Å². The van der Waals surface area contributed by atoms with E-state index in [1.54, 1.807) is 41.3 Å². The summed E-state index contributed by atoms with van der Waals surface area (Å²) >= 11 is 6.79. The third kappa shape index (κ3) is 5.95. The van der Waals surface area contributed by atoms with Crippen LogP contribution in [0.25, 0.3) is 6.08 Å². The Hall–Kier alpha value is -3.42. The molecular formula is C30H29NO4S2.